The van der Waals surface area contributed by atoms with Crippen LogP contribution in [0.15, 0.2) is 18.5 Å². The van der Waals surface area contributed by atoms with E-state index >= 15 is 0 Å². The molecule has 1 unspecified atom stereocenters. The molecule has 2 rings (SSSR count). The fourth-order valence-electron chi connectivity index (χ4n) is 2.38. The van der Waals surface area contributed by atoms with Gasteiger partial charge in [0.1, 0.15) is 0 Å². The normalized spacial score (nSPS) is 16.7. The lowest BCUT2D eigenvalue weighted by Crippen LogP contribution is -2.17. The summed E-state index contributed by atoms with van der Waals surface area (Å²) in [5.41, 5.74) is 1.41. The van der Waals surface area contributed by atoms with Crippen LogP contribution in [0.4, 0.5) is 0 Å². The van der Waals surface area contributed by atoms with Gasteiger partial charge >= 0.3 is 0 Å². The lowest BCUT2D eigenvalue weighted by Gasteiger charge is -2.13. The molecule has 0 bridgehead atoms. The first-order valence-electron chi connectivity index (χ1n) is 6.55. The van der Waals surface area contributed by atoms with Crippen LogP contribution in [0.25, 0.3) is 0 Å². The summed E-state index contributed by atoms with van der Waals surface area (Å²) in [4.78, 5) is 0. The summed E-state index contributed by atoms with van der Waals surface area (Å²) >= 11 is 0. The quantitative estimate of drug-likeness (QED) is 0.733. The zero-order valence-corrected chi connectivity index (χ0v) is 10.5. The van der Waals surface area contributed by atoms with Gasteiger partial charge in [-0.05, 0) is 50.3 Å². The highest BCUT2D eigenvalue weighted by atomic mass is 15.0. The molecule has 1 aliphatic carbocycles. The van der Waals surface area contributed by atoms with Crippen LogP contribution in [-0.2, 0) is 6.54 Å². The Balaban J connectivity index is 1.84. The average Bonchev–Trinajstić information content (AvgIpc) is 3.06. The summed E-state index contributed by atoms with van der Waals surface area (Å²) in [7, 11) is 2.05. The Hall–Kier alpha value is -1.27. The van der Waals surface area contributed by atoms with Crippen LogP contribution in [-0.4, -0.2) is 11.6 Å². The van der Waals surface area contributed by atoms with Crippen molar-refractivity contribution < 1.29 is 0 Å². The number of hydrogen-bond donors (Lipinski definition) is 1. The molecule has 0 amide bonds. The molecule has 17 heavy (non-hydrogen) atoms. The Morgan fingerprint density at radius 2 is 2.35 bits per heavy atom. The molecule has 1 atom stereocenters. The monoisotopic (exact) mass is 231 g/mol. The van der Waals surface area contributed by atoms with Crippen molar-refractivity contribution in [2.24, 2.45) is 5.92 Å². The number of nitriles is 1. The number of nitrogens with zero attached hydrogens (tertiary/aromatic N) is 2. The Kier molecular flexibility index (Phi) is 4.22. The molecule has 1 aromatic heterocycles. The zero-order chi connectivity index (χ0) is 12.1. The van der Waals surface area contributed by atoms with Gasteiger partial charge < -0.3 is 9.88 Å². The van der Waals surface area contributed by atoms with E-state index in [9.17, 15) is 0 Å². The van der Waals surface area contributed by atoms with E-state index in [1.165, 1.54) is 18.4 Å². The third-order valence-corrected chi connectivity index (χ3v) is 3.49. The molecular weight excluding hydrogens is 210 g/mol. The van der Waals surface area contributed by atoms with E-state index in [1.54, 1.807) is 0 Å². The summed E-state index contributed by atoms with van der Waals surface area (Å²) in [6.45, 7) is 1.03. The van der Waals surface area contributed by atoms with Gasteiger partial charge in [0.15, 0.2) is 0 Å². The largest absolute Gasteiger partial charge is 0.354 e. The van der Waals surface area contributed by atoms with Crippen molar-refractivity contribution in [3.63, 3.8) is 0 Å². The van der Waals surface area contributed by atoms with E-state index < -0.39 is 0 Å². The summed E-state index contributed by atoms with van der Waals surface area (Å²) in [5, 5.41) is 11.9. The molecule has 1 saturated carbocycles. The van der Waals surface area contributed by atoms with Gasteiger partial charge in [-0.15, -0.1) is 0 Å². The topological polar surface area (TPSA) is 40.8 Å². The fourth-order valence-corrected chi connectivity index (χ4v) is 2.38. The number of unbranched alkanes of at least 4 members (excludes halogenated alkanes) is 2. The Morgan fingerprint density at radius 3 is 3.00 bits per heavy atom. The molecule has 1 aliphatic rings. The Morgan fingerprint density at radius 1 is 1.53 bits per heavy atom. The van der Waals surface area contributed by atoms with Gasteiger partial charge in [-0.25, -0.2) is 0 Å². The highest BCUT2D eigenvalue weighted by molar-refractivity contribution is 5.18. The minimum absolute atomic E-state index is 0.537. The van der Waals surface area contributed by atoms with Crippen LogP contribution in [0, 0.1) is 17.2 Å². The molecule has 1 aromatic rings. The molecule has 0 aliphatic heterocycles. The van der Waals surface area contributed by atoms with E-state index in [-0.39, 0.29) is 0 Å². The van der Waals surface area contributed by atoms with Crippen molar-refractivity contribution in [1.29, 1.82) is 5.26 Å². The van der Waals surface area contributed by atoms with E-state index in [1.807, 2.05) is 7.05 Å². The summed E-state index contributed by atoms with van der Waals surface area (Å²) < 4.78 is 2.25. The van der Waals surface area contributed by atoms with Gasteiger partial charge in [0.25, 0.3) is 0 Å². The second kappa shape index (κ2) is 5.88. The molecule has 3 nitrogen and oxygen atoms in total. The maximum Gasteiger partial charge on any atom is 0.0621 e. The molecule has 0 spiro atoms. The van der Waals surface area contributed by atoms with Crippen molar-refractivity contribution in [2.45, 2.75) is 44.7 Å². The summed E-state index contributed by atoms with van der Waals surface area (Å²) in [5.74, 6) is 0.842. The molecule has 3 heteroatoms. The molecular formula is C14H21N3. The number of aryl methyl sites for hydroxylation is 1. The summed E-state index contributed by atoms with van der Waals surface area (Å²) in [6.07, 6.45) is 9.91. The van der Waals surface area contributed by atoms with Gasteiger partial charge in [-0.2, -0.15) is 5.26 Å². The van der Waals surface area contributed by atoms with Gasteiger partial charge in [0, 0.05) is 31.4 Å². The maximum absolute atomic E-state index is 8.48. The predicted molar refractivity (Wildman–Crippen MR) is 68.4 cm³/mol. The minimum Gasteiger partial charge on any atom is -0.354 e. The molecule has 92 valence electrons. The molecule has 0 aromatic carbocycles. The smallest absolute Gasteiger partial charge is 0.0621 e. The van der Waals surface area contributed by atoms with Crippen LogP contribution in [0.5, 0.6) is 0 Å². The van der Waals surface area contributed by atoms with Crippen LogP contribution < -0.4 is 5.32 Å². The SMILES string of the molecule is CNC(c1ccn(CCCCC#N)c1)C1CC1. The minimum atomic E-state index is 0.537. The second-order valence-corrected chi connectivity index (χ2v) is 4.90. The van der Waals surface area contributed by atoms with E-state index in [2.05, 4.69) is 34.4 Å². The van der Waals surface area contributed by atoms with Crippen molar-refractivity contribution >= 4 is 0 Å². The van der Waals surface area contributed by atoms with Gasteiger partial charge in [0.2, 0.25) is 0 Å². The van der Waals surface area contributed by atoms with Crippen LogP contribution >= 0.6 is 0 Å². The third kappa shape index (κ3) is 3.34. The molecule has 0 saturated heterocycles. The molecule has 1 N–H and O–H groups in total. The zero-order valence-electron chi connectivity index (χ0n) is 10.5. The second-order valence-electron chi connectivity index (χ2n) is 4.90. The Bertz CT molecular complexity index is 384. The number of rotatable bonds is 7. The van der Waals surface area contributed by atoms with E-state index in [0.717, 1.165) is 25.3 Å². The molecule has 1 heterocycles. The van der Waals surface area contributed by atoms with E-state index in [4.69, 9.17) is 5.26 Å². The fraction of sp³-hybridized carbons (Fsp3) is 0.643. The van der Waals surface area contributed by atoms with Crippen molar-refractivity contribution in [3.05, 3.63) is 24.0 Å². The highest BCUT2D eigenvalue weighted by Crippen LogP contribution is 2.40. The van der Waals surface area contributed by atoms with Gasteiger partial charge in [-0.3, -0.25) is 0 Å². The lowest BCUT2D eigenvalue weighted by molar-refractivity contribution is 0.526. The third-order valence-electron chi connectivity index (χ3n) is 3.49. The number of nitrogens with one attached hydrogen (secondary N) is 1. The van der Waals surface area contributed by atoms with Crippen LogP contribution in [0.1, 0.15) is 43.7 Å². The first-order chi connectivity index (χ1) is 8.35. The maximum atomic E-state index is 8.48. The number of hydrogen-bond acceptors (Lipinski definition) is 2. The van der Waals surface area contributed by atoms with Gasteiger partial charge in [-0.1, -0.05) is 0 Å². The first kappa shape index (κ1) is 12.2. The van der Waals surface area contributed by atoms with Crippen molar-refractivity contribution in [1.82, 2.24) is 9.88 Å². The molecule has 1 fully saturated rings. The Labute approximate surface area is 103 Å². The van der Waals surface area contributed by atoms with Crippen molar-refractivity contribution in [3.8, 4) is 6.07 Å². The summed E-state index contributed by atoms with van der Waals surface area (Å²) in [6, 6.07) is 4.95. The van der Waals surface area contributed by atoms with Gasteiger partial charge in [0.05, 0.1) is 6.07 Å². The predicted octanol–water partition coefficient (Wildman–Crippen LogP) is 2.85. The average molecular weight is 231 g/mol. The first-order valence-corrected chi connectivity index (χ1v) is 6.55. The highest BCUT2D eigenvalue weighted by Gasteiger charge is 2.31. The number of aromatic nitrogens is 1. The standard InChI is InChI=1S/C14H21N3/c1-16-14(12-5-6-12)13-7-10-17(11-13)9-4-2-3-8-15/h7,10-12,14,16H,2-6,9H2,1H3. The van der Waals surface area contributed by atoms with E-state index in [0.29, 0.717) is 12.5 Å². The molecule has 0 radical (unpaired) electrons. The van der Waals surface area contributed by atoms with Crippen LogP contribution in [0.2, 0.25) is 0 Å². The van der Waals surface area contributed by atoms with Crippen molar-refractivity contribution in [2.75, 3.05) is 7.05 Å². The van der Waals surface area contributed by atoms with Crippen LogP contribution in [0.3, 0.4) is 0 Å². The lowest BCUT2D eigenvalue weighted by atomic mass is 10.1.